The van der Waals surface area contributed by atoms with Gasteiger partial charge in [-0.1, -0.05) is 136 Å². The van der Waals surface area contributed by atoms with Gasteiger partial charge in [-0.05, 0) is 67.6 Å². The van der Waals surface area contributed by atoms with Crippen molar-refractivity contribution in [1.29, 1.82) is 0 Å². The van der Waals surface area contributed by atoms with Crippen molar-refractivity contribution in [3.8, 4) is 12.3 Å². The zero-order chi connectivity index (χ0) is 33.9. The first-order valence-electron chi connectivity index (χ1n) is 16.8. The van der Waals surface area contributed by atoms with Gasteiger partial charge in [-0.2, -0.15) is 0 Å². The normalized spacial score (nSPS) is 14.0. The van der Waals surface area contributed by atoms with E-state index in [1.807, 2.05) is 27.7 Å². The summed E-state index contributed by atoms with van der Waals surface area (Å²) in [5, 5.41) is 9.19. The van der Waals surface area contributed by atoms with Gasteiger partial charge in [-0.3, -0.25) is 8.78 Å². The molecule has 0 aromatic rings. The molecule has 0 aromatic heterocycles. The Kier molecular flexibility index (Phi) is 37.6. The Labute approximate surface area is 260 Å². The number of aliphatic hydroxyl groups is 1. The van der Waals surface area contributed by atoms with Crippen molar-refractivity contribution in [3.63, 3.8) is 0 Å². The number of rotatable bonds is 8. The van der Waals surface area contributed by atoms with Crippen LogP contribution in [0.15, 0.2) is 0 Å². The molecule has 1 atom stereocenters. The van der Waals surface area contributed by atoms with Gasteiger partial charge in [0.1, 0.15) is 0 Å². The van der Waals surface area contributed by atoms with Gasteiger partial charge in [0, 0.05) is 11.8 Å². The standard InChI is InChI=1S/C8H16.C7H16O.C7H12.C6H12F2.C6H14.C4H10/c1-7(2)8-5-3-4-6-8;1-6(2)5-7(3,4)8;1-5-7(4)6(2)3;1-5(2)6(3-7)4-8;1-5(2)6(3)4;1-4(2)3/h7-8H,3-6H2,1-2H3;6,8H,5H2,1-4H3;1,6-7H,2-4H3;5-6H,3-4H2,1-2H3;5-6H,1-4H3;4H,1-3H3. The predicted octanol–water partition coefficient (Wildman–Crippen LogP) is 12.7. The first-order valence-corrected chi connectivity index (χ1v) is 16.8. The van der Waals surface area contributed by atoms with E-state index in [-0.39, 0.29) is 11.8 Å². The number of alkyl halides is 2. The van der Waals surface area contributed by atoms with Gasteiger partial charge >= 0.3 is 0 Å². The fraction of sp³-hybridized carbons (Fsp3) is 0.947. The fourth-order valence-electron chi connectivity index (χ4n) is 3.21. The van der Waals surface area contributed by atoms with E-state index in [9.17, 15) is 13.9 Å². The van der Waals surface area contributed by atoms with Gasteiger partial charge < -0.3 is 5.11 Å². The molecule has 1 aliphatic rings. The maximum atomic E-state index is 11.7. The van der Waals surface area contributed by atoms with Crippen molar-refractivity contribution in [2.45, 2.75) is 162 Å². The van der Waals surface area contributed by atoms with Gasteiger partial charge in [0.05, 0.1) is 19.0 Å². The minimum absolute atomic E-state index is 0.130. The van der Waals surface area contributed by atoms with Gasteiger partial charge in [-0.25, -0.2) is 0 Å². The van der Waals surface area contributed by atoms with Crippen LogP contribution < -0.4 is 0 Å². The molecule has 0 aliphatic heterocycles. The van der Waals surface area contributed by atoms with E-state index >= 15 is 0 Å². The van der Waals surface area contributed by atoms with Crippen LogP contribution in [0.2, 0.25) is 0 Å². The molecule has 0 spiro atoms. The molecular formula is C38H80F2O. The number of hydrogen-bond acceptors (Lipinski definition) is 1. The maximum absolute atomic E-state index is 11.7. The Morgan fingerprint density at radius 3 is 1.07 bits per heavy atom. The number of hydrogen-bond donors (Lipinski definition) is 1. The predicted molar refractivity (Wildman–Crippen MR) is 186 cm³/mol. The largest absolute Gasteiger partial charge is 0.390 e. The summed E-state index contributed by atoms with van der Waals surface area (Å²) < 4.78 is 23.3. The monoisotopic (exact) mass is 591 g/mol. The molecule has 41 heavy (non-hydrogen) atoms. The van der Waals surface area contributed by atoms with Crippen LogP contribution in [0.4, 0.5) is 8.78 Å². The topological polar surface area (TPSA) is 20.2 Å². The summed E-state index contributed by atoms with van der Waals surface area (Å²) in [6.45, 7) is 36.9. The Bertz CT molecular complexity index is 511. The Morgan fingerprint density at radius 2 is 1.02 bits per heavy atom. The first kappa shape index (κ1) is 50.0. The number of terminal acetylenes is 1. The Morgan fingerprint density at radius 1 is 0.683 bits per heavy atom. The molecule has 1 nitrogen and oxygen atoms in total. The second kappa shape index (κ2) is 30.8. The average molecular weight is 591 g/mol. The molecule has 1 aliphatic carbocycles. The zero-order valence-electron chi connectivity index (χ0n) is 31.5. The zero-order valence-corrected chi connectivity index (χ0v) is 31.5. The van der Waals surface area contributed by atoms with E-state index < -0.39 is 19.0 Å². The minimum Gasteiger partial charge on any atom is -0.390 e. The van der Waals surface area contributed by atoms with E-state index in [2.05, 4.69) is 103 Å². The van der Waals surface area contributed by atoms with Crippen molar-refractivity contribution < 1.29 is 13.9 Å². The maximum Gasteiger partial charge on any atom is 0.0950 e. The van der Waals surface area contributed by atoms with E-state index in [1.165, 1.54) is 25.7 Å². The van der Waals surface area contributed by atoms with Crippen molar-refractivity contribution in [3.05, 3.63) is 0 Å². The summed E-state index contributed by atoms with van der Waals surface area (Å²) in [4.78, 5) is 0. The molecule has 0 amide bonds. The van der Waals surface area contributed by atoms with Crippen LogP contribution >= 0.6 is 0 Å². The first-order chi connectivity index (χ1) is 18.5. The Balaban J connectivity index is -0.000000128. The van der Waals surface area contributed by atoms with Crippen molar-refractivity contribution in [1.82, 2.24) is 0 Å². The lowest BCUT2D eigenvalue weighted by molar-refractivity contribution is 0.0579. The van der Waals surface area contributed by atoms with Crippen LogP contribution in [-0.4, -0.2) is 24.1 Å². The lowest BCUT2D eigenvalue weighted by Gasteiger charge is -2.18. The molecule has 252 valence electrons. The van der Waals surface area contributed by atoms with E-state index in [4.69, 9.17) is 6.42 Å². The fourth-order valence-corrected chi connectivity index (χ4v) is 3.21. The third-order valence-corrected chi connectivity index (χ3v) is 7.19. The molecule has 1 fully saturated rings. The summed E-state index contributed by atoms with van der Waals surface area (Å²) in [6.07, 6.45) is 12.0. The van der Waals surface area contributed by atoms with Gasteiger partial charge in [0.25, 0.3) is 0 Å². The highest BCUT2D eigenvalue weighted by Gasteiger charge is 2.17. The third-order valence-electron chi connectivity index (χ3n) is 7.19. The summed E-state index contributed by atoms with van der Waals surface area (Å²) >= 11 is 0. The molecule has 0 radical (unpaired) electrons. The number of halogens is 2. The van der Waals surface area contributed by atoms with Crippen LogP contribution in [0.3, 0.4) is 0 Å². The molecule has 1 N–H and O–H groups in total. The van der Waals surface area contributed by atoms with Crippen molar-refractivity contribution >= 4 is 0 Å². The smallest absolute Gasteiger partial charge is 0.0950 e. The van der Waals surface area contributed by atoms with Crippen LogP contribution in [0.1, 0.15) is 157 Å². The minimum atomic E-state index is -0.534. The molecule has 0 heterocycles. The van der Waals surface area contributed by atoms with Gasteiger partial charge in [-0.15, -0.1) is 12.3 Å². The Hall–Kier alpha value is -0.620. The van der Waals surface area contributed by atoms with Crippen LogP contribution in [0.25, 0.3) is 0 Å². The van der Waals surface area contributed by atoms with Crippen LogP contribution in [0, 0.1) is 71.5 Å². The van der Waals surface area contributed by atoms with Gasteiger partial charge in [0.15, 0.2) is 0 Å². The summed E-state index contributed by atoms with van der Waals surface area (Å²) in [6, 6.07) is 0. The van der Waals surface area contributed by atoms with Crippen LogP contribution in [-0.2, 0) is 0 Å². The second-order valence-electron chi connectivity index (χ2n) is 15.4. The van der Waals surface area contributed by atoms with E-state index in [1.54, 1.807) is 0 Å². The highest BCUT2D eigenvalue weighted by Crippen LogP contribution is 2.30. The highest BCUT2D eigenvalue weighted by molar-refractivity contribution is 4.91. The molecule has 3 heteroatoms. The molecule has 0 bridgehead atoms. The van der Waals surface area contributed by atoms with Crippen molar-refractivity contribution in [2.24, 2.45) is 59.2 Å². The second-order valence-corrected chi connectivity index (χ2v) is 15.4. The molecular weight excluding hydrogens is 510 g/mol. The van der Waals surface area contributed by atoms with Gasteiger partial charge in [0.2, 0.25) is 0 Å². The highest BCUT2D eigenvalue weighted by atomic mass is 19.1. The summed E-state index contributed by atoms with van der Waals surface area (Å²) in [7, 11) is 0. The van der Waals surface area contributed by atoms with Crippen molar-refractivity contribution in [2.75, 3.05) is 13.3 Å². The average Bonchev–Trinajstić information content (AvgIpc) is 3.34. The lowest BCUT2D eigenvalue weighted by Crippen LogP contribution is -2.20. The molecule has 1 unspecified atom stereocenters. The molecule has 1 rings (SSSR count). The van der Waals surface area contributed by atoms with E-state index in [0.717, 1.165) is 36.0 Å². The summed E-state index contributed by atoms with van der Waals surface area (Å²) in [5.41, 5.74) is -0.478. The summed E-state index contributed by atoms with van der Waals surface area (Å²) in [5.74, 6) is 8.61. The lowest BCUT2D eigenvalue weighted by atomic mass is 9.95. The third kappa shape index (κ3) is 49.4. The molecule has 1 saturated carbocycles. The SMILES string of the molecule is C#CC(C)C(C)C.CC(C)C.CC(C)C(C)C.CC(C)C(CF)CF.CC(C)C1CCCC1.CC(C)CC(C)(C)O. The molecule has 0 aromatic carbocycles. The van der Waals surface area contributed by atoms with E-state index in [0.29, 0.717) is 17.8 Å². The van der Waals surface area contributed by atoms with Crippen LogP contribution in [0.5, 0.6) is 0 Å². The molecule has 0 saturated heterocycles. The quantitative estimate of drug-likeness (QED) is 0.279.